The molecule has 204 valence electrons. The van der Waals surface area contributed by atoms with E-state index >= 15 is 0 Å². The molecule has 0 atom stereocenters. The number of aromatic nitrogens is 1. The number of aryl methyl sites for hydroxylation is 1. The van der Waals surface area contributed by atoms with E-state index in [0.717, 1.165) is 67.2 Å². The number of fused-ring (bicyclic) bond motifs is 1. The number of ether oxygens (including phenoxy) is 1. The summed E-state index contributed by atoms with van der Waals surface area (Å²) >= 11 is 6.28. The van der Waals surface area contributed by atoms with Crippen molar-refractivity contribution in [2.45, 2.75) is 17.7 Å². The number of anilines is 1. The Hall–Kier alpha value is -3.01. The van der Waals surface area contributed by atoms with Crippen LogP contribution in [0.1, 0.15) is 12.0 Å². The summed E-state index contributed by atoms with van der Waals surface area (Å²) in [6, 6.07) is 21.3. The molecule has 4 aromatic rings. The molecule has 7 nitrogen and oxygen atoms in total. The smallest absolute Gasteiger partial charge is 0.241 e. The molecule has 2 heterocycles. The van der Waals surface area contributed by atoms with Gasteiger partial charge < -0.3 is 15.0 Å². The minimum atomic E-state index is -3.72. The van der Waals surface area contributed by atoms with Gasteiger partial charge in [0.25, 0.3) is 0 Å². The van der Waals surface area contributed by atoms with Gasteiger partial charge in [0.2, 0.25) is 10.0 Å². The second-order valence-electron chi connectivity index (χ2n) is 9.56. The molecule has 0 radical (unpaired) electrons. The van der Waals surface area contributed by atoms with Crippen LogP contribution in [0.5, 0.6) is 0 Å². The monoisotopic (exact) mass is 564 g/mol. The van der Waals surface area contributed by atoms with Crippen molar-refractivity contribution < 1.29 is 13.2 Å². The number of rotatable bonds is 11. The van der Waals surface area contributed by atoms with Gasteiger partial charge in [-0.05, 0) is 66.4 Å². The Morgan fingerprint density at radius 2 is 1.74 bits per heavy atom. The SMILES string of the molecule is O=S(=O)(NCCNCCCc1ccc(Cl)cc1N1CCOCC1)c1cc(-c2ccccc2)cc2cnccc12. The van der Waals surface area contributed by atoms with E-state index in [0.29, 0.717) is 18.5 Å². The summed E-state index contributed by atoms with van der Waals surface area (Å²) in [6.45, 7) is 4.81. The fraction of sp³-hybridized carbons (Fsp3) is 0.300. The van der Waals surface area contributed by atoms with Gasteiger partial charge in [-0.2, -0.15) is 0 Å². The van der Waals surface area contributed by atoms with Crippen LogP contribution in [-0.2, 0) is 21.2 Å². The Morgan fingerprint density at radius 1 is 0.923 bits per heavy atom. The van der Waals surface area contributed by atoms with Crippen LogP contribution in [0.25, 0.3) is 21.9 Å². The Morgan fingerprint density at radius 3 is 2.56 bits per heavy atom. The molecule has 1 aromatic heterocycles. The standard InChI is InChI=1S/C30H33ClN4O3S/c31-27-9-8-24(29(21-27)35-15-17-38-18-16-35)7-4-11-32-13-14-34-39(36,37)30-20-25(23-5-2-1-3-6-23)19-26-22-33-12-10-28(26)30/h1-3,5-6,8-10,12,19-22,32,34H,4,7,11,13-18H2. The normalized spacial score (nSPS) is 14.1. The summed E-state index contributed by atoms with van der Waals surface area (Å²) in [7, 11) is -3.72. The zero-order valence-electron chi connectivity index (χ0n) is 21.8. The van der Waals surface area contributed by atoms with Crippen molar-refractivity contribution in [1.29, 1.82) is 0 Å². The summed E-state index contributed by atoms with van der Waals surface area (Å²) in [6.07, 6.45) is 5.17. The average molecular weight is 565 g/mol. The molecule has 0 spiro atoms. The van der Waals surface area contributed by atoms with Crippen molar-refractivity contribution >= 4 is 38.1 Å². The van der Waals surface area contributed by atoms with Crippen LogP contribution in [0.3, 0.4) is 0 Å². The summed E-state index contributed by atoms with van der Waals surface area (Å²) < 4.78 is 34.9. The molecule has 5 rings (SSSR count). The quantitative estimate of drug-likeness (QED) is 0.252. The fourth-order valence-corrected chi connectivity index (χ4v) is 6.37. The lowest BCUT2D eigenvalue weighted by atomic mass is 10.0. The first kappa shape index (κ1) is 27.6. The van der Waals surface area contributed by atoms with Gasteiger partial charge >= 0.3 is 0 Å². The van der Waals surface area contributed by atoms with Gasteiger partial charge in [0, 0.05) is 60.1 Å². The predicted molar refractivity (Wildman–Crippen MR) is 158 cm³/mol. The third-order valence-electron chi connectivity index (χ3n) is 6.90. The minimum Gasteiger partial charge on any atom is -0.378 e. The molecule has 2 N–H and O–H groups in total. The fourth-order valence-electron chi connectivity index (χ4n) is 4.92. The van der Waals surface area contributed by atoms with E-state index in [1.807, 2.05) is 48.5 Å². The van der Waals surface area contributed by atoms with E-state index in [9.17, 15) is 8.42 Å². The molecule has 1 aliphatic rings. The van der Waals surface area contributed by atoms with Crippen LogP contribution >= 0.6 is 11.6 Å². The molecular formula is C30H33ClN4O3S. The molecule has 1 fully saturated rings. The number of nitrogens with one attached hydrogen (secondary N) is 2. The lowest BCUT2D eigenvalue weighted by Crippen LogP contribution is -2.36. The second-order valence-corrected chi connectivity index (χ2v) is 11.7. The Balaban J connectivity index is 1.16. The molecule has 39 heavy (non-hydrogen) atoms. The third-order valence-corrected chi connectivity index (χ3v) is 8.64. The van der Waals surface area contributed by atoms with E-state index in [-0.39, 0.29) is 4.90 Å². The number of halogens is 1. The first-order valence-electron chi connectivity index (χ1n) is 13.3. The molecule has 0 amide bonds. The molecule has 0 unspecified atom stereocenters. The van der Waals surface area contributed by atoms with Gasteiger partial charge in [-0.15, -0.1) is 0 Å². The van der Waals surface area contributed by atoms with Gasteiger partial charge in [-0.25, -0.2) is 13.1 Å². The highest BCUT2D eigenvalue weighted by molar-refractivity contribution is 7.89. The zero-order chi connectivity index (χ0) is 27.1. The number of hydrogen-bond donors (Lipinski definition) is 2. The van der Waals surface area contributed by atoms with Crippen LogP contribution in [0.15, 0.2) is 84.0 Å². The van der Waals surface area contributed by atoms with Crippen LogP contribution in [0, 0.1) is 0 Å². The topological polar surface area (TPSA) is 83.6 Å². The van der Waals surface area contributed by atoms with E-state index in [4.69, 9.17) is 16.3 Å². The Bertz CT molecular complexity index is 1510. The van der Waals surface area contributed by atoms with Crippen LogP contribution in [0.2, 0.25) is 5.02 Å². The van der Waals surface area contributed by atoms with E-state index in [1.54, 1.807) is 24.5 Å². The van der Waals surface area contributed by atoms with Gasteiger partial charge in [-0.3, -0.25) is 4.98 Å². The lowest BCUT2D eigenvalue weighted by molar-refractivity contribution is 0.122. The van der Waals surface area contributed by atoms with Crippen LogP contribution in [-0.4, -0.2) is 59.3 Å². The summed E-state index contributed by atoms with van der Waals surface area (Å²) in [5, 5.41) is 5.55. The minimum absolute atomic E-state index is 0.264. The van der Waals surface area contributed by atoms with E-state index in [2.05, 4.69) is 26.0 Å². The molecule has 3 aromatic carbocycles. The number of hydrogen-bond acceptors (Lipinski definition) is 6. The molecule has 0 bridgehead atoms. The average Bonchev–Trinajstić information content (AvgIpc) is 2.97. The number of morpholine rings is 1. The summed E-state index contributed by atoms with van der Waals surface area (Å²) in [4.78, 5) is 6.79. The number of nitrogens with zero attached hydrogens (tertiary/aromatic N) is 2. The van der Waals surface area contributed by atoms with Gasteiger partial charge in [-0.1, -0.05) is 48.0 Å². The molecule has 0 aliphatic carbocycles. The highest BCUT2D eigenvalue weighted by Gasteiger charge is 2.19. The van der Waals surface area contributed by atoms with Crippen molar-refractivity contribution in [2.24, 2.45) is 0 Å². The molecule has 9 heteroatoms. The van der Waals surface area contributed by atoms with Gasteiger partial charge in [0.05, 0.1) is 18.1 Å². The maximum atomic E-state index is 13.3. The van der Waals surface area contributed by atoms with Crippen molar-refractivity contribution in [3.8, 4) is 11.1 Å². The Labute approximate surface area is 235 Å². The highest BCUT2D eigenvalue weighted by atomic mass is 35.5. The second kappa shape index (κ2) is 12.9. The molecule has 1 aliphatic heterocycles. The lowest BCUT2D eigenvalue weighted by Gasteiger charge is -2.31. The largest absolute Gasteiger partial charge is 0.378 e. The van der Waals surface area contributed by atoms with E-state index < -0.39 is 10.0 Å². The Kier molecular flexibility index (Phi) is 9.11. The first-order chi connectivity index (χ1) is 19.0. The summed E-state index contributed by atoms with van der Waals surface area (Å²) in [5.74, 6) is 0. The van der Waals surface area contributed by atoms with Crippen LogP contribution < -0.4 is 14.9 Å². The van der Waals surface area contributed by atoms with Gasteiger partial charge in [0.1, 0.15) is 0 Å². The predicted octanol–water partition coefficient (Wildman–Crippen LogP) is 4.89. The zero-order valence-corrected chi connectivity index (χ0v) is 23.3. The van der Waals surface area contributed by atoms with Crippen molar-refractivity contribution in [3.05, 3.63) is 89.7 Å². The molecular weight excluding hydrogens is 532 g/mol. The molecule has 0 saturated carbocycles. The first-order valence-corrected chi connectivity index (χ1v) is 15.1. The number of benzene rings is 3. The summed E-state index contributed by atoms with van der Waals surface area (Å²) in [5.41, 5.74) is 4.24. The van der Waals surface area contributed by atoms with Crippen molar-refractivity contribution in [3.63, 3.8) is 0 Å². The maximum absolute atomic E-state index is 13.3. The van der Waals surface area contributed by atoms with Crippen LogP contribution in [0.4, 0.5) is 5.69 Å². The molecule has 1 saturated heterocycles. The van der Waals surface area contributed by atoms with Crippen molar-refractivity contribution in [2.75, 3.05) is 50.8 Å². The highest BCUT2D eigenvalue weighted by Crippen LogP contribution is 2.30. The number of pyridine rings is 1. The van der Waals surface area contributed by atoms with Crippen molar-refractivity contribution in [1.82, 2.24) is 15.0 Å². The van der Waals surface area contributed by atoms with Gasteiger partial charge in [0.15, 0.2) is 0 Å². The third kappa shape index (κ3) is 6.96. The maximum Gasteiger partial charge on any atom is 0.241 e. The number of sulfonamides is 1. The van der Waals surface area contributed by atoms with E-state index in [1.165, 1.54) is 11.3 Å².